The molecule has 0 radical (unpaired) electrons. The van der Waals surface area contributed by atoms with Crippen LogP contribution in [0.2, 0.25) is 5.02 Å². The molecular weight excluding hydrogens is 250 g/mol. The highest BCUT2D eigenvalue weighted by Crippen LogP contribution is 2.17. The fourth-order valence-electron chi connectivity index (χ4n) is 1.70. The lowest BCUT2D eigenvalue weighted by atomic mass is 10.1. The second-order valence-corrected chi connectivity index (χ2v) is 4.54. The van der Waals surface area contributed by atoms with Crippen LogP contribution in [0.25, 0.3) is 0 Å². The third-order valence-electron chi connectivity index (χ3n) is 2.80. The van der Waals surface area contributed by atoms with Gasteiger partial charge in [-0.2, -0.15) is 0 Å². The van der Waals surface area contributed by atoms with Gasteiger partial charge in [-0.1, -0.05) is 23.7 Å². The van der Waals surface area contributed by atoms with E-state index in [9.17, 15) is 4.79 Å². The minimum atomic E-state index is -0.264. The molecule has 1 aromatic carbocycles. The first kappa shape index (κ1) is 12.8. The van der Waals surface area contributed by atoms with Gasteiger partial charge in [0.05, 0.1) is 17.9 Å². The SMILES string of the molecule is CC1=C(N=CCc2ccc(Cl)cc2)CCOC1=O. The normalized spacial score (nSPS) is 16.2. The van der Waals surface area contributed by atoms with Gasteiger partial charge in [-0.15, -0.1) is 0 Å². The number of cyclic esters (lactones) is 1. The van der Waals surface area contributed by atoms with E-state index in [0.717, 1.165) is 22.7 Å². The summed E-state index contributed by atoms with van der Waals surface area (Å²) in [6.45, 7) is 2.17. The van der Waals surface area contributed by atoms with E-state index >= 15 is 0 Å². The summed E-state index contributed by atoms with van der Waals surface area (Å²) in [7, 11) is 0. The van der Waals surface area contributed by atoms with Crippen molar-refractivity contribution >= 4 is 23.8 Å². The molecule has 0 saturated carbocycles. The molecule has 0 spiro atoms. The highest BCUT2D eigenvalue weighted by Gasteiger charge is 2.16. The predicted molar refractivity (Wildman–Crippen MR) is 71.9 cm³/mol. The van der Waals surface area contributed by atoms with Gasteiger partial charge in [0.15, 0.2) is 0 Å². The first-order valence-electron chi connectivity index (χ1n) is 5.80. The van der Waals surface area contributed by atoms with Crippen molar-refractivity contribution in [3.05, 3.63) is 46.1 Å². The molecule has 4 heteroatoms. The van der Waals surface area contributed by atoms with E-state index in [1.807, 2.05) is 30.5 Å². The Hall–Kier alpha value is -1.61. The second kappa shape index (κ2) is 5.83. The number of carbonyl (C=O) groups is 1. The molecule has 18 heavy (non-hydrogen) atoms. The van der Waals surface area contributed by atoms with E-state index < -0.39 is 0 Å². The maximum absolute atomic E-state index is 11.3. The smallest absolute Gasteiger partial charge is 0.335 e. The zero-order chi connectivity index (χ0) is 13.0. The summed E-state index contributed by atoms with van der Waals surface area (Å²) in [6, 6.07) is 7.63. The van der Waals surface area contributed by atoms with E-state index in [1.54, 1.807) is 6.92 Å². The van der Waals surface area contributed by atoms with Crippen LogP contribution in [0.5, 0.6) is 0 Å². The molecule has 0 amide bonds. The molecule has 3 nitrogen and oxygen atoms in total. The number of aliphatic imine (C=N–C) groups is 1. The predicted octanol–water partition coefficient (Wildman–Crippen LogP) is 3.17. The van der Waals surface area contributed by atoms with Gasteiger partial charge < -0.3 is 4.74 Å². The third-order valence-corrected chi connectivity index (χ3v) is 3.05. The van der Waals surface area contributed by atoms with Crippen LogP contribution in [0.15, 0.2) is 40.5 Å². The van der Waals surface area contributed by atoms with E-state index in [4.69, 9.17) is 16.3 Å². The van der Waals surface area contributed by atoms with Crippen molar-refractivity contribution < 1.29 is 9.53 Å². The fourth-order valence-corrected chi connectivity index (χ4v) is 1.82. The van der Waals surface area contributed by atoms with Gasteiger partial charge in [0, 0.05) is 24.1 Å². The molecule has 1 aromatic rings. The molecule has 0 aliphatic carbocycles. The molecule has 2 rings (SSSR count). The molecule has 1 aliphatic rings. The monoisotopic (exact) mass is 263 g/mol. The minimum absolute atomic E-state index is 0.264. The van der Waals surface area contributed by atoms with E-state index in [0.29, 0.717) is 18.6 Å². The Bertz CT molecular complexity index is 503. The molecule has 0 atom stereocenters. The summed E-state index contributed by atoms with van der Waals surface area (Å²) in [4.78, 5) is 15.7. The average Bonchev–Trinajstić information content (AvgIpc) is 2.37. The molecule has 94 valence electrons. The first-order valence-corrected chi connectivity index (χ1v) is 6.18. The van der Waals surface area contributed by atoms with Gasteiger partial charge in [-0.25, -0.2) is 4.79 Å². The molecule has 0 bridgehead atoms. The molecule has 0 unspecified atom stereocenters. The highest BCUT2D eigenvalue weighted by atomic mass is 35.5. The van der Waals surface area contributed by atoms with Gasteiger partial charge >= 0.3 is 5.97 Å². The number of benzene rings is 1. The largest absolute Gasteiger partial charge is 0.462 e. The van der Waals surface area contributed by atoms with Crippen LogP contribution in [0.1, 0.15) is 18.9 Å². The molecule has 1 heterocycles. The molecule has 1 aliphatic heterocycles. The van der Waals surface area contributed by atoms with Gasteiger partial charge in [-0.3, -0.25) is 4.99 Å². The zero-order valence-electron chi connectivity index (χ0n) is 10.1. The summed E-state index contributed by atoms with van der Waals surface area (Å²) in [5.74, 6) is -0.264. The Morgan fingerprint density at radius 3 is 2.83 bits per heavy atom. The molecule has 0 aromatic heterocycles. The van der Waals surface area contributed by atoms with Crippen molar-refractivity contribution in [1.82, 2.24) is 0 Å². The molecule has 0 saturated heterocycles. The summed E-state index contributed by atoms with van der Waals surface area (Å²) in [6.07, 6.45) is 3.23. The maximum atomic E-state index is 11.3. The fraction of sp³-hybridized carbons (Fsp3) is 0.286. The molecule has 0 fully saturated rings. The Labute approximate surface area is 111 Å². The molecular formula is C14H14ClNO2. The van der Waals surface area contributed by atoms with Crippen molar-refractivity contribution in [3.63, 3.8) is 0 Å². The van der Waals surface area contributed by atoms with Crippen LogP contribution in [0.3, 0.4) is 0 Å². The van der Waals surface area contributed by atoms with Gasteiger partial charge in [0.25, 0.3) is 0 Å². The van der Waals surface area contributed by atoms with Crippen LogP contribution < -0.4 is 0 Å². The quantitative estimate of drug-likeness (QED) is 0.621. The number of carbonyl (C=O) groups excluding carboxylic acids is 1. The van der Waals surface area contributed by atoms with Crippen LogP contribution in [-0.2, 0) is 16.0 Å². The first-order chi connectivity index (χ1) is 8.66. The third kappa shape index (κ3) is 3.20. The Balaban J connectivity index is 2.01. The lowest BCUT2D eigenvalue weighted by molar-refractivity contribution is -0.140. The van der Waals surface area contributed by atoms with Gasteiger partial charge in [-0.05, 0) is 24.6 Å². The van der Waals surface area contributed by atoms with Crippen LogP contribution >= 0.6 is 11.6 Å². The lowest BCUT2D eigenvalue weighted by Crippen LogP contribution is -2.15. The summed E-state index contributed by atoms with van der Waals surface area (Å²) in [5, 5.41) is 0.726. The van der Waals surface area contributed by atoms with Crippen LogP contribution in [-0.4, -0.2) is 18.8 Å². The van der Waals surface area contributed by atoms with Crippen molar-refractivity contribution in [3.8, 4) is 0 Å². The Kier molecular flexibility index (Phi) is 4.15. The van der Waals surface area contributed by atoms with Crippen molar-refractivity contribution in [2.24, 2.45) is 4.99 Å². The van der Waals surface area contributed by atoms with E-state index in [2.05, 4.69) is 4.99 Å². The van der Waals surface area contributed by atoms with Crippen molar-refractivity contribution in [2.45, 2.75) is 19.8 Å². The van der Waals surface area contributed by atoms with Crippen LogP contribution in [0, 0.1) is 0 Å². The maximum Gasteiger partial charge on any atom is 0.335 e. The average molecular weight is 264 g/mol. The Morgan fingerprint density at radius 2 is 2.11 bits per heavy atom. The number of ether oxygens (including phenoxy) is 1. The van der Waals surface area contributed by atoms with Crippen molar-refractivity contribution in [1.29, 1.82) is 0 Å². The number of halogens is 1. The number of esters is 1. The van der Waals surface area contributed by atoms with Gasteiger partial charge in [0.2, 0.25) is 0 Å². The summed E-state index contributed by atoms with van der Waals surface area (Å²) < 4.78 is 4.91. The van der Waals surface area contributed by atoms with Crippen molar-refractivity contribution in [2.75, 3.05) is 6.61 Å². The van der Waals surface area contributed by atoms with E-state index in [-0.39, 0.29) is 5.97 Å². The summed E-state index contributed by atoms with van der Waals surface area (Å²) in [5.41, 5.74) is 2.56. The number of hydrogen-bond donors (Lipinski definition) is 0. The summed E-state index contributed by atoms with van der Waals surface area (Å²) >= 11 is 5.81. The van der Waals surface area contributed by atoms with Crippen LogP contribution in [0.4, 0.5) is 0 Å². The topological polar surface area (TPSA) is 38.7 Å². The lowest BCUT2D eigenvalue weighted by Gasteiger charge is -2.13. The highest BCUT2D eigenvalue weighted by molar-refractivity contribution is 6.30. The standard InChI is InChI=1S/C14H14ClNO2/c1-10-13(7-9-18-14(10)17)16-8-6-11-2-4-12(15)5-3-11/h2-5,8H,6-7,9H2,1H3. The molecule has 0 N–H and O–H groups in total. The minimum Gasteiger partial charge on any atom is -0.462 e. The second-order valence-electron chi connectivity index (χ2n) is 4.10. The number of hydrogen-bond acceptors (Lipinski definition) is 3. The Morgan fingerprint density at radius 1 is 1.39 bits per heavy atom. The number of nitrogens with zero attached hydrogens (tertiary/aromatic N) is 1. The van der Waals surface area contributed by atoms with E-state index in [1.165, 1.54) is 0 Å². The zero-order valence-corrected chi connectivity index (χ0v) is 10.9. The number of rotatable bonds is 3. The van der Waals surface area contributed by atoms with Gasteiger partial charge in [0.1, 0.15) is 0 Å².